The van der Waals surface area contributed by atoms with Crippen molar-refractivity contribution < 1.29 is 9.90 Å². The molecule has 2 aromatic carbocycles. The number of aromatic amines is 1. The predicted octanol–water partition coefficient (Wildman–Crippen LogP) is 4.18. The second kappa shape index (κ2) is 7.84. The summed E-state index contributed by atoms with van der Waals surface area (Å²) in [5.74, 6) is 3.47. The standard InChI is InChI=1S/C19H16ClN5O2/c20-12-6-7-14-13(9-12)18(16(26)10-17(27)19(24-21)25-22)15(23-14)8-11-4-2-1-3-5-11/h1-7,9-10,21,23,26H,8,22H2/b16-10?,24-21?,25-19-. The van der Waals surface area contributed by atoms with Gasteiger partial charge in [0.05, 0.1) is 0 Å². The van der Waals surface area contributed by atoms with Gasteiger partial charge in [-0.15, -0.1) is 5.11 Å². The van der Waals surface area contributed by atoms with Gasteiger partial charge in [-0.3, -0.25) is 4.79 Å². The van der Waals surface area contributed by atoms with Crippen molar-refractivity contribution in [2.75, 3.05) is 0 Å². The predicted molar refractivity (Wildman–Crippen MR) is 105 cm³/mol. The minimum absolute atomic E-state index is 0.288. The van der Waals surface area contributed by atoms with Crippen molar-refractivity contribution in [2.45, 2.75) is 6.42 Å². The highest BCUT2D eigenvalue weighted by atomic mass is 35.5. The maximum absolute atomic E-state index is 12.1. The number of rotatable bonds is 5. The molecule has 0 amide bonds. The van der Waals surface area contributed by atoms with E-state index in [1.54, 1.807) is 18.2 Å². The van der Waals surface area contributed by atoms with E-state index in [1.807, 2.05) is 30.3 Å². The number of aliphatic hydroxyl groups is 1. The maximum Gasteiger partial charge on any atom is 0.239 e. The number of H-pyrrole nitrogens is 1. The van der Waals surface area contributed by atoms with E-state index in [2.05, 4.69) is 15.2 Å². The quantitative estimate of drug-likeness (QED) is 0.101. The molecule has 27 heavy (non-hydrogen) atoms. The normalized spacial score (nSPS) is 12.3. The summed E-state index contributed by atoms with van der Waals surface area (Å²) < 4.78 is 0. The third-order valence-electron chi connectivity index (χ3n) is 4.03. The number of hydrogen-bond donors (Lipinski definition) is 4. The SMILES string of the molecule is N=N/C(=N\N)C(=O)C=C(O)c1c(Cc2ccccc2)[nH]c2ccc(Cl)cc12. The average molecular weight is 382 g/mol. The molecular formula is C19H16ClN5O2. The van der Waals surface area contributed by atoms with E-state index in [-0.39, 0.29) is 5.76 Å². The number of ketones is 1. The summed E-state index contributed by atoms with van der Waals surface area (Å²) in [5, 5.41) is 17.9. The van der Waals surface area contributed by atoms with E-state index in [4.69, 9.17) is 23.0 Å². The number of fused-ring (bicyclic) bond motifs is 1. The highest BCUT2D eigenvalue weighted by Gasteiger charge is 2.18. The Bertz CT molecular complexity index is 1070. The van der Waals surface area contributed by atoms with Gasteiger partial charge in [0.15, 0.2) is 0 Å². The molecule has 1 aromatic heterocycles. The van der Waals surface area contributed by atoms with Gasteiger partial charge in [0, 0.05) is 39.7 Å². The molecule has 0 aliphatic carbocycles. The lowest BCUT2D eigenvalue weighted by Crippen LogP contribution is -2.11. The number of nitrogens with one attached hydrogen (secondary N) is 2. The molecule has 0 fully saturated rings. The van der Waals surface area contributed by atoms with E-state index >= 15 is 0 Å². The largest absolute Gasteiger partial charge is 0.507 e. The van der Waals surface area contributed by atoms with Crippen molar-refractivity contribution in [3.05, 3.63) is 76.5 Å². The van der Waals surface area contributed by atoms with Gasteiger partial charge in [0.25, 0.3) is 0 Å². The Morgan fingerprint density at radius 1 is 1.26 bits per heavy atom. The highest BCUT2D eigenvalue weighted by molar-refractivity contribution is 6.44. The van der Waals surface area contributed by atoms with Crippen molar-refractivity contribution in [1.29, 1.82) is 5.53 Å². The van der Waals surface area contributed by atoms with Gasteiger partial charge in [-0.1, -0.05) is 41.9 Å². The molecule has 7 nitrogen and oxygen atoms in total. The molecular weight excluding hydrogens is 366 g/mol. The van der Waals surface area contributed by atoms with Gasteiger partial charge in [0.1, 0.15) is 5.76 Å². The zero-order valence-corrected chi connectivity index (χ0v) is 14.9. The maximum atomic E-state index is 12.1. The monoisotopic (exact) mass is 381 g/mol. The van der Waals surface area contributed by atoms with Crippen LogP contribution in [0.15, 0.2) is 64.8 Å². The van der Waals surface area contributed by atoms with E-state index in [0.717, 1.165) is 17.2 Å². The van der Waals surface area contributed by atoms with Crippen LogP contribution in [0.5, 0.6) is 0 Å². The molecule has 0 saturated heterocycles. The van der Waals surface area contributed by atoms with Crippen molar-refractivity contribution >= 4 is 39.9 Å². The van der Waals surface area contributed by atoms with E-state index in [9.17, 15) is 9.90 Å². The molecule has 8 heteroatoms. The molecule has 0 radical (unpaired) electrons. The average Bonchev–Trinajstić information content (AvgIpc) is 3.00. The third-order valence-corrected chi connectivity index (χ3v) is 4.27. The summed E-state index contributed by atoms with van der Waals surface area (Å²) in [7, 11) is 0. The Labute approximate surface area is 159 Å². The first-order chi connectivity index (χ1) is 13.0. The third kappa shape index (κ3) is 3.88. The lowest BCUT2D eigenvalue weighted by Gasteiger charge is -2.05. The van der Waals surface area contributed by atoms with Crippen molar-refractivity contribution in [1.82, 2.24) is 4.98 Å². The molecule has 1 heterocycles. The van der Waals surface area contributed by atoms with Crippen LogP contribution in [0.25, 0.3) is 16.7 Å². The fourth-order valence-corrected chi connectivity index (χ4v) is 3.03. The second-order valence-corrected chi connectivity index (χ2v) is 6.23. The van der Waals surface area contributed by atoms with Crippen LogP contribution in [0.1, 0.15) is 16.8 Å². The molecule has 0 saturated carbocycles. The molecule has 0 unspecified atom stereocenters. The number of halogens is 1. The van der Waals surface area contributed by atoms with Gasteiger partial charge >= 0.3 is 0 Å². The fourth-order valence-electron chi connectivity index (χ4n) is 2.85. The number of carbonyl (C=O) groups is 1. The first-order valence-electron chi connectivity index (χ1n) is 7.98. The first kappa shape index (κ1) is 18.3. The zero-order valence-electron chi connectivity index (χ0n) is 14.1. The number of hydrogen-bond acceptors (Lipinski definition) is 5. The molecule has 5 N–H and O–H groups in total. The number of hydrazone groups is 1. The summed E-state index contributed by atoms with van der Waals surface area (Å²) in [6.45, 7) is 0. The molecule has 3 aromatic rings. The second-order valence-electron chi connectivity index (χ2n) is 5.79. The molecule has 0 spiro atoms. The van der Waals surface area contributed by atoms with Crippen LogP contribution in [0, 0.1) is 5.53 Å². The van der Waals surface area contributed by atoms with Crippen molar-refractivity contribution in [3.63, 3.8) is 0 Å². The summed E-state index contributed by atoms with van der Waals surface area (Å²) in [6.07, 6.45) is 1.46. The van der Waals surface area contributed by atoms with E-state index in [0.29, 0.717) is 28.1 Å². The Morgan fingerprint density at radius 3 is 2.67 bits per heavy atom. The first-order valence-corrected chi connectivity index (χ1v) is 8.36. The van der Waals surface area contributed by atoms with Gasteiger partial charge in [-0.05, 0) is 23.8 Å². The number of nitrogens with zero attached hydrogens (tertiary/aromatic N) is 2. The van der Waals surface area contributed by atoms with Crippen LogP contribution >= 0.6 is 11.6 Å². The summed E-state index contributed by atoms with van der Waals surface area (Å²) >= 11 is 6.11. The number of benzene rings is 2. The Balaban J connectivity index is 2.13. The van der Waals surface area contributed by atoms with Crippen LogP contribution in [0.2, 0.25) is 5.02 Å². The van der Waals surface area contributed by atoms with Crippen LogP contribution in [-0.2, 0) is 11.2 Å². The molecule has 0 bridgehead atoms. The van der Waals surface area contributed by atoms with Gasteiger partial charge in [-0.25, -0.2) is 5.53 Å². The zero-order chi connectivity index (χ0) is 19.4. The van der Waals surface area contributed by atoms with Crippen molar-refractivity contribution in [3.8, 4) is 0 Å². The van der Waals surface area contributed by atoms with Crippen molar-refractivity contribution in [2.24, 2.45) is 16.1 Å². The number of amidine groups is 1. The minimum Gasteiger partial charge on any atom is -0.507 e. The Morgan fingerprint density at radius 2 is 2.00 bits per heavy atom. The van der Waals surface area contributed by atoms with Gasteiger partial charge in [0.2, 0.25) is 11.6 Å². The Kier molecular flexibility index (Phi) is 5.33. The van der Waals surface area contributed by atoms with Gasteiger partial charge < -0.3 is 15.9 Å². The number of carbonyl (C=O) groups excluding carboxylic acids is 1. The smallest absolute Gasteiger partial charge is 0.239 e. The lowest BCUT2D eigenvalue weighted by atomic mass is 10.0. The number of nitrogens with two attached hydrogens (primary N) is 1. The summed E-state index contributed by atoms with van der Waals surface area (Å²) in [5.41, 5.74) is 9.88. The number of aromatic nitrogens is 1. The van der Waals surface area contributed by atoms with Crippen LogP contribution < -0.4 is 5.84 Å². The van der Waals surface area contributed by atoms with E-state index in [1.165, 1.54) is 0 Å². The Hall–Kier alpha value is -3.45. The number of aliphatic hydroxyl groups excluding tert-OH is 1. The van der Waals surface area contributed by atoms with Crippen LogP contribution in [0.3, 0.4) is 0 Å². The van der Waals surface area contributed by atoms with Crippen LogP contribution in [0.4, 0.5) is 0 Å². The molecule has 0 aliphatic heterocycles. The molecule has 3 rings (SSSR count). The molecule has 0 atom stereocenters. The molecule has 136 valence electrons. The highest BCUT2D eigenvalue weighted by Crippen LogP contribution is 2.31. The molecule has 0 aliphatic rings. The summed E-state index contributed by atoms with van der Waals surface area (Å²) in [4.78, 5) is 15.4. The topological polar surface area (TPSA) is 128 Å². The summed E-state index contributed by atoms with van der Waals surface area (Å²) in [6, 6.07) is 14.9. The van der Waals surface area contributed by atoms with E-state index < -0.39 is 11.6 Å². The van der Waals surface area contributed by atoms with Gasteiger partial charge in [-0.2, -0.15) is 5.10 Å². The fraction of sp³-hybridized carbons (Fsp3) is 0.0526. The minimum atomic E-state index is -0.771. The lowest BCUT2D eigenvalue weighted by molar-refractivity contribution is -0.109. The van der Waals surface area contributed by atoms with Crippen LogP contribution in [-0.4, -0.2) is 21.7 Å².